The maximum Gasteiger partial charge on any atom is 0.433 e. The third-order valence-electron chi connectivity index (χ3n) is 8.10. The Kier molecular flexibility index (Phi) is 7.69. The molecule has 13 heteroatoms. The first-order valence-electron chi connectivity index (χ1n) is 13.4. The number of nitrogen functional groups attached to an aromatic ring is 1. The normalized spacial score (nSPS) is 21.0. The van der Waals surface area contributed by atoms with Gasteiger partial charge in [-0.2, -0.15) is 18.2 Å². The monoisotopic (exact) mass is 583 g/mol. The van der Waals surface area contributed by atoms with Gasteiger partial charge in [-0.1, -0.05) is 13.5 Å². The zero-order chi connectivity index (χ0) is 30.2. The smallest absolute Gasteiger partial charge is 0.424 e. The number of aliphatic imine (C=N–C) groups is 1. The fourth-order valence-electron chi connectivity index (χ4n) is 6.01. The third kappa shape index (κ3) is 5.42. The lowest BCUT2D eigenvalue weighted by Crippen LogP contribution is -2.27. The lowest BCUT2D eigenvalue weighted by molar-refractivity contribution is -0.141. The second-order valence-electron chi connectivity index (χ2n) is 10.5. The summed E-state index contributed by atoms with van der Waals surface area (Å²) < 4.78 is 59.9. The number of aromatic nitrogens is 4. The molecular weight excluding hydrogens is 554 g/mol. The van der Waals surface area contributed by atoms with Crippen molar-refractivity contribution >= 4 is 17.4 Å². The molecule has 1 saturated carbocycles. The summed E-state index contributed by atoms with van der Waals surface area (Å²) in [7, 11) is 1.50. The van der Waals surface area contributed by atoms with Crippen molar-refractivity contribution in [1.82, 2.24) is 24.8 Å². The number of nitrogens with two attached hydrogens (primary N) is 1. The van der Waals surface area contributed by atoms with E-state index in [0.29, 0.717) is 30.4 Å². The van der Waals surface area contributed by atoms with Crippen LogP contribution in [0.4, 0.5) is 23.4 Å². The van der Waals surface area contributed by atoms with Crippen LogP contribution < -0.4 is 10.5 Å². The molecule has 1 unspecified atom stereocenters. The second kappa shape index (κ2) is 11.1. The first kappa shape index (κ1) is 29.1. The molecule has 1 aliphatic heterocycles. The number of nitrogens with zero attached hydrogens (tertiary/aromatic N) is 6. The Bertz CT molecular complexity index is 1560. The second-order valence-corrected chi connectivity index (χ2v) is 10.5. The Morgan fingerprint density at radius 3 is 2.76 bits per heavy atom. The molecule has 3 heterocycles. The fraction of sp³-hybridized carbons (Fsp3) is 0.379. The Morgan fingerprint density at radius 1 is 1.31 bits per heavy atom. The predicted molar refractivity (Wildman–Crippen MR) is 146 cm³/mol. The van der Waals surface area contributed by atoms with Crippen LogP contribution >= 0.6 is 0 Å². The molecule has 1 saturated heterocycles. The Balaban J connectivity index is 1.43. The minimum atomic E-state index is -4.69. The average molecular weight is 584 g/mol. The first-order chi connectivity index (χ1) is 20.0. The summed E-state index contributed by atoms with van der Waals surface area (Å²) >= 11 is 0. The van der Waals surface area contributed by atoms with Gasteiger partial charge in [0, 0.05) is 43.9 Å². The number of amides is 1. The first-order valence-corrected chi connectivity index (χ1v) is 13.4. The molecule has 42 heavy (non-hydrogen) atoms. The maximum atomic E-state index is 15.5. The van der Waals surface area contributed by atoms with Gasteiger partial charge in [-0.15, -0.1) is 0 Å². The van der Waals surface area contributed by atoms with Crippen molar-refractivity contribution in [3.8, 4) is 11.8 Å². The summed E-state index contributed by atoms with van der Waals surface area (Å²) in [6, 6.07) is 3.92. The highest BCUT2D eigenvalue weighted by Crippen LogP contribution is 2.64. The molecule has 1 spiro atoms. The number of carbonyl (C=O) groups is 1. The number of benzene rings is 1. The van der Waals surface area contributed by atoms with Gasteiger partial charge in [-0.25, -0.2) is 19.3 Å². The maximum absolute atomic E-state index is 15.5. The van der Waals surface area contributed by atoms with Gasteiger partial charge in [0.15, 0.2) is 5.69 Å². The van der Waals surface area contributed by atoms with E-state index in [0.717, 1.165) is 31.5 Å². The van der Waals surface area contributed by atoms with Crippen LogP contribution in [0, 0.1) is 17.2 Å². The number of halogens is 4. The van der Waals surface area contributed by atoms with Gasteiger partial charge in [0.2, 0.25) is 5.91 Å². The number of rotatable bonds is 8. The van der Waals surface area contributed by atoms with Gasteiger partial charge in [0.05, 0.1) is 17.0 Å². The van der Waals surface area contributed by atoms with Crippen LogP contribution in [0.2, 0.25) is 0 Å². The van der Waals surface area contributed by atoms with Crippen molar-refractivity contribution in [3.63, 3.8) is 0 Å². The number of likely N-dealkylation sites (tertiary alicyclic amines) is 1. The minimum Gasteiger partial charge on any atom is -0.424 e. The number of hydrogen-bond donors (Lipinski definition) is 1. The Labute approximate surface area is 239 Å². The summed E-state index contributed by atoms with van der Waals surface area (Å²) in [5, 5.41) is 0. The van der Waals surface area contributed by atoms with Gasteiger partial charge < -0.3 is 15.4 Å². The molecule has 1 aromatic carbocycles. The van der Waals surface area contributed by atoms with E-state index in [1.807, 2.05) is 11.8 Å². The lowest BCUT2D eigenvalue weighted by Gasteiger charge is -2.22. The number of anilines is 1. The van der Waals surface area contributed by atoms with Crippen molar-refractivity contribution in [2.75, 3.05) is 25.9 Å². The molecule has 0 radical (unpaired) electrons. The average Bonchev–Trinajstić information content (AvgIpc) is 3.47. The number of carbonyl (C=O) groups excluding carboxylic acids is 1. The van der Waals surface area contributed by atoms with E-state index in [4.69, 9.17) is 10.5 Å². The van der Waals surface area contributed by atoms with E-state index in [1.165, 1.54) is 31.6 Å². The molecule has 3 aromatic rings. The minimum absolute atomic E-state index is 0.0183. The molecule has 3 atom stereocenters. The van der Waals surface area contributed by atoms with E-state index >= 15 is 4.39 Å². The Morgan fingerprint density at radius 2 is 2.10 bits per heavy atom. The number of alkyl halides is 3. The van der Waals surface area contributed by atoms with Crippen LogP contribution in [0.25, 0.3) is 0 Å². The van der Waals surface area contributed by atoms with Gasteiger partial charge in [-0.3, -0.25) is 9.79 Å². The quantitative estimate of drug-likeness (QED) is 0.220. The fourth-order valence-corrected chi connectivity index (χ4v) is 6.01. The van der Waals surface area contributed by atoms with Gasteiger partial charge in [0.1, 0.15) is 23.7 Å². The van der Waals surface area contributed by atoms with Gasteiger partial charge >= 0.3 is 12.2 Å². The van der Waals surface area contributed by atoms with Gasteiger partial charge in [0.25, 0.3) is 0 Å². The molecule has 2 aliphatic rings. The predicted octanol–water partition coefficient (Wildman–Crippen LogP) is 5.18. The summed E-state index contributed by atoms with van der Waals surface area (Å²) in [5.41, 5.74) is 6.53. The Hall–Kier alpha value is -4.42. The van der Waals surface area contributed by atoms with E-state index < -0.39 is 23.7 Å². The van der Waals surface area contributed by atoms with E-state index in [-0.39, 0.29) is 46.0 Å². The summed E-state index contributed by atoms with van der Waals surface area (Å²) in [6.45, 7) is 6.96. The highest BCUT2D eigenvalue weighted by Gasteiger charge is 2.60. The summed E-state index contributed by atoms with van der Waals surface area (Å²) in [6.07, 6.45) is 1.47. The van der Waals surface area contributed by atoms with Crippen molar-refractivity contribution in [3.05, 3.63) is 77.8 Å². The van der Waals surface area contributed by atoms with E-state index in [2.05, 4.69) is 31.5 Å². The number of hydrogen-bond acceptors (Lipinski definition) is 8. The van der Waals surface area contributed by atoms with E-state index in [9.17, 15) is 18.0 Å². The number of ether oxygens (including phenoxy) is 1. The van der Waals surface area contributed by atoms with Crippen molar-refractivity contribution in [2.24, 2.45) is 16.3 Å². The van der Waals surface area contributed by atoms with Crippen LogP contribution in [0.1, 0.15) is 54.6 Å². The molecule has 1 aliphatic carbocycles. The summed E-state index contributed by atoms with van der Waals surface area (Å²) in [5.74, 6) is -0.593. The van der Waals surface area contributed by atoms with Gasteiger partial charge in [-0.05, 0) is 54.9 Å². The molecule has 2 fully saturated rings. The van der Waals surface area contributed by atoms with Crippen LogP contribution in [-0.4, -0.2) is 56.6 Å². The molecular formula is C29H29F4N7O2. The summed E-state index contributed by atoms with van der Waals surface area (Å²) in [4.78, 5) is 34.2. The van der Waals surface area contributed by atoms with Crippen molar-refractivity contribution in [1.29, 1.82) is 0 Å². The molecule has 2 N–H and O–H groups in total. The standard InChI is InChI=1S/C29H29F4N7O2/c1-4-17(19-13-28(19)9-11-40(14-28)22(41)5-2)25-23(26(34)38-15-37-25)24(35-3)18-7-6-16(12-20(18)30)42-27-36-10-8-21(39-27)29(31,32)33/h5-8,10,12,15,17,19H,2,4,9,11,13-14H2,1,3H3,(H2,34,37,38)/t17?,19-,28-/m1/s1. The molecule has 2 aromatic heterocycles. The molecule has 1 amide bonds. The van der Waals surface area contributed by atoms with Crippen LogP contribution in [0.15, 0.2) is 54.4 Å². The molecule has 9 nitrogen and oxygen atoms in total. The third-order valence-corrected chi connectivity index (χ3v) is 8.10. The van der Waals surface area contributed by atoms with Crippen molar-refractivity contribution in [2.45, 2.75) is 38.3 Å². The van der Waals surface area contributed by atoms with Crippen molar-refractivity contribution < 1.29 is 27.1 Å². The highest BCUT2D eigenvalue weighted by molar-refractivity contribution is 6.16. The SMILES string of the molecule is C=CC(=O)N1CC[C@@]2(C[C@@H]2C(CC)c2ncnc(N)c2C(=NC)c2ccc(Oc3nccc(C(F)(F)F)n3)cc2F)C1. The molecule has 0 bridgehead atoms. The zero-order valence-electron chi connectivity index (χ0n) is 23.0. The van der Waals surface area contributed by atoms with Crippen LogP contribution in [0.3, 0.4) is 0 Å². The molecule has 5 rings (SSSR count). The van der Waals surface area contributed by atoms with Crippen LogP contribution in [0.5, 0.6) is 11.8 Å². The topological polar surface area (TPSA) is 119 Å². The molecule has 220 valence electrons. The lowest BCUT2D eigenvalue weighted by atomic mass is 9.85. The van der Waals surface area contributed by atoms with E-state index in [1.54, 1.807) is 0 Å². The highest BCUT2D eigenvalue weighted by atomic mass is 19.4. The van der Waals surface area contributed by atoms with Crippen LogP contribution in [-0.2, 0) is 11.0 Å². The zero-order valence-corrected chi connectivity index (χ0v) is 23.0. The largest absolute Gasteiger partial charge is 0.433 e.